The molecule has 2 aromatic rings. The van der Waals surface area contributed by atoms with Crippen LogP contribution in [0.4, 0.5) is 0 Å². The zero-order valence-electron chi connectivity index (χ0n) is 11.2. The lowest BCUT2D eigenvalue weighted by molar-refractivity contribution is 0.0601. The lowest BCUT2D eigenvalue weighted by atomic mass is 9.95. The second-order valence-electron chi connectivity index (χ2n) is 4.08. The lowest BCUT2D eigenvalue weighted by Crippen LogP contribution is -2.09. The molecule has 102 valence electrons. The van der Waals surface area contributed by atoms with Crippen LogP contribution in [0.2, 0.25) is 5.15 Å². The topological polar surface area (TPSA) is 52.1 Å². The Labute approximate surface area is 122 Å². The summed E-state index contributed by atoms with van der Waals surface area (Å²) in [4.78, 5) is 20.2. The fraction of sp³-hybridized carbons (Fsp3) is 0.133. The third-order valence-corrected chi connectivity index (χ3v) is 3.22. The van der Waals surface area contributed by atoms with Gasteiger partial charge < -0.3 is 4.74 Å². The van der Waals surface area contributed by atoms with E-state index in [1.165, 1.54) is 7.11 Å². The molecule has 0 fully saturated rings. The highest BCUT2D eigenvalue weighted by Gasteiger charge is 2.22. The first-order chi connectivity index (χ1) is 9.60. The molecule has 0 unspecified atom stereocenters. The number of ether oxygens (including phenoxy) is 1. The third-order valence-electron chi connectivity index (χ3n) is 2.94. The second kappa shape index (κ2) is 5.84. The molecule has 20 heavy (non-hydrogen) atoms. The van der Waals surface area contributed by atoms with E-state index in [2.05, 4.69) is 16.5 Å². The van der Waals surface area contributed by atoms with Crippen molar-refractivity contribution in [2.45, 2.75) is 6.92 Å². The molecule has 0 spiro atoms. The van der Waals surface area contributed by atoms with Crippen LogP contribution < -0.4 is 0 Å². The van der Waals surface area contributed by atoms with Crippen molar-refractivity contribution < 1.29 is 9.53 Å². The first-order valence-corrected chi connectivity index (χ1v) is 6.29. The Morgan fingerprint density at radius 2 is 2.05 bits per heavy atom. The third kappa shape index (κ3) is 2.42. The van der Waals surface area contributed by atoms with Crippen molar-refractivity contribution in [3.05, 3.63) is 53.1 Å². The van der Waals surface area contributed by atoms with Gasteiger partial charge in [0.2, 0.25) is 0 Å². The summed E-state index contributed by atoms with van der Waals surface area (Å²) < 4.78 is 4.81. The van der Waals surface area contributed by atoms with E-state index in [1.54, 1.807) is 30.6 Å². The van der Waals surface area contributed by atoms with Crippen molar-refractivity contribution >= 4 is 23.6 Å². The van der Waals surface area contributed by atoms with E-state index < -0.39 is 5.97 Å². The standard InChI is InChI=1S/C15H13ClN2O2/c1-4-11-9(2)18-14(16)13(15(19)20-3)12(11)10-5-7-17-8-6-10/h4-8H,1H2,2-3H3. The number of esters is 1. The SMILES string of the molecule is C=Cc1c(C)nc(Cl)c(C(=O)OC)c1-c1ccncc1. The number of pyridine rings is 2. The molecule has 0 radical (unpaired) electrons. The molecule has 0 amide bonds. The van der Waals surface area contributed by atoms with E-state index in [0.29, 0.717) is 11.3 Å². The van der Waals surface area contributed by atoms with Gasteiger partial charge in [0, 0.05) is 29.2 Å². The monoisotopic (exact) mass is 288 g/mol. The minimum Gasteiger partial charge on any atom is -0.465 e. The molecule has 0 aliphatic carbocycles. The molecule has 0 aromatic carbocycles. The van der Waals surface area contributed by atoms with Crippen LogP contribution in [0, 0.1) is 6.92 Å². The van der Waals surface area contributed by atoms with E-state index in [-0.39, 0.29) is 10.7 Å². The van der Waals surface area contributed by atoms with E-state index in [0.717, 1.165) is 11.1 Å². The predicted octanol–water partition coefficient (Wildman–Crippen LogP) is 3.54. The summed E-state index contributed by atoms with van der Waals surface area (Å²) in [6.07, 6.45) is 4.95. The van der Waals surface area contributed by atoms with Crippen LogP contribution in [0.1, 0.15) is 21.6 Å². The number of rotatable bonds is 3. The minimum absolute atomic E-state index is 0.117. The smallest absolute Gasteiger partial charge is 0.341 e. The number of aryl methyl sites for hydroxylation is 1. The average Bonchev–Trinajstić information content (AvgIpc) is 2.46. The number of hydrogen-bond acceptors (Lipinski definition) is 4. The zero-order valence-corrected chi connectivity index (χ0v) is 11.9. The van der Waals surface area contributed by atoms with Crippen molar-refractivity contribution in [3.63, 3.8) is 0 Å². The molecule has 0 bridgehead atoms. The Morgan fingerprint density at radius 1 is 1.40 bits per heavy atom. The number of halogens is 1. The predicted molar refractivity (Wildman–Crippen MR) is 78.6 cm³/mol. The van der Waals surface area contributed by atoms with Crippen LogP contribution in [-0.2, 0) is 4.74 Å². The Balaban J connectivity index is 2.87. The fourth-order valence-corrected chi connectivity index (χ4v) is 2.34. The Hall–Kier alpha value is -2.20. The van der Waals surface area contributed by atoms with Crippen LogP contribution in [-0.4, -0.2) is 23.0 Å². The second-order valence-corrected chi connectivity index (χ2v) is 4.44. The van der Waals surface area contributed by atoms with Gasteiger partial charge in [-0.2, -0.15) is 0 Å². The van der Waals surface area contributed by atoms with Gasteiger partial charge in [0.15, 0.2) is 0 Å². The molecule has 2 heterocycles. The summed E-state index contributed by atoms with van der Waals surface area (Å²) in [5.41, 5.74) is 3.15. The molecule has 0 atom stereocenters. The van der Waals surface area contributed by atoms with Crippen LogP contribution in [0.25, 0.3) is 17.2 Å². The summed E-state index contributed by atoms with van der Waals surface area (Å²) in [5.74, 6) is -0.530. The first kappa shape index (κ1) is 14.2. The summed E-state index contributed by atoms with van der Waals surface area (Å²) >= 11 is 6.13. The molecule has 0 aliphatic rings. The van der Waals surface area contributed by atoms with Gasteiger partial charge >= 0.3 is 5.97 Å². The molecule has 0 aliphatic heterocycles. The quantitative estimate of drug-likeness (QED) is 0.640. The van der Waals surface area contributed by atoms with E-state index in [1.807, 2.05) is 6.92 Å². The van der Waals surface area contributed by atoms with E-state index >= 15 is 0 Å². The van der Waals surface area contributed by atoms with Crippen LogP contribution in [0.15, 0.2) is 31.1 Å². The lowest BCUT2D eigenvalue weighted by Gasteiger charge is -2.15. The number of carbonyl (C=O) groups excluding carboxylic acids is 1. The Morgan fingerprint density at radius 3 is 2.60 bits per heavy atom. The van der Waals surface area contributed by atoms with Crippen molar-refractivity contribution in [2.24, 2.45) is 0 Å². The maximum atomic E-state index is 12.0. The number of hydrogen-bond donors (Lipinski definition) is 0. The molecule has 2 rings (SSSR count). The van der Waals surface area contributed by atoms with Gasteiger partial charge in [-0.05, 0) is 24.6 Å². The van der Waals surface area contributed by atoms with Crippen molar-refractivity contribution in [2.75, 3.05) is 7.11 Å². The maximum Gasteiger partial charge on any atom is 0.341 e. The maximum absolute atomic E-state index is 12.0. The van der Waals surface area contributed by atoms with Gasteiger partial charge in [0.25, 0.3) is 0 Å². The van der Waals surface area contributed by atoms with Gasteiger partial charge in [0.1, 0.15) is 10.7 Å². The van der Waals surface area contributed by atoms with Crippen molar-refractivity contribution in [1.29, 1.82) is 0 Å². The molecule has 4 nitrogen and oxygen atoms in total. The van der Waals surface area contributed by atoms with Gasteiger partial charge in [-0.3, -0.25) is 4.98 Å². The summed E-state index contributed by atoms with van der Waals surface area (Å²) in [5, 5.41) is 0.117. The van der Waals surface area contributed by atoms with Crippen LogP contribution in [0.5, 0.6) is 0 Å². The van der Waals surface area contributed by atoms with Gasteiger partial charge in [-0.1, -0.05) is 24.3 Å². The normalized spacial score (nSPS) is 10.2. The Bertz CT molecular complexity index is 669. The largest absolute Gasteiger partial charge is 0.465 e. The minimum atomic E-state index is -0.530. The summed E-state index contributed by atoms with van der Waals surface area (Å²) in [6, 6.07) is 3.59. The van der Waals surface area contributed by atoms with E-state index in [4.69, 9.17) is 16.3 Å². The highest BCUT2D eigenvalue weighted by Crippen LogP contribution is 2.34. The average molecular weight is 289 g/mol. The fourth-order valence-electron chi connectivity index (χ4n) is 2.04. The number of aromatic nitrogens is 2. The summed E-state index contributed by atoms with van der Waals surface area (Å²) in [6.45, 7) is 5.60. The molecular formula is C15H13ClN2O2. The Kier molecular flexibility index (Phi) is 4.15. The van der Waals surface area contributed by atoms with Gasteiger partial charge in [-0.15, -0.1) is 0 Å². The van der Waals surface area contributed by atoms with Crippen LogP contribution in [0.3, 0.4) is 0 Å². The highest BCUT2D eigenvalue weighted by atomic mass is 35.5. The zero-order chi connectivity index (χ0) is 14.7. The van der Waals surface area contributed by atoms with E-state index in [9.17, 15) is 4.79 Å². The molecule has 2 aromatic heterocycles. The van der Waals surface area contributed by atoms with Gasteiger partial charge in [-0.25, -0.2) is 9.78 Å². The molecular weight excluding hydrogens is 276 g/mol. The van der Waals surface area contributed by atoms with Crippen molar-refractivity contribution in [1.82, 2.24) is 9.97 Å². The van der Waals surface area contributed by atoms with Gasteiger partial charge in [0.05, 0.1) is 7.11 Å². The molecule has 0 N–H and O–H groups in total. The number of carbonyl (C=O) groups is 1. The molecule has 5 heteroatoms. The first-order valence-electron chi connectivity index (χ1n) is 5.91. The highest BCUT2D eigenvalue weighted by molar-refractivity contribution is 6.33. The van der Waals surface area contributed by atoms with Crippen LogP contribution >= 0.6 is 11.6 Å². The molecule has 0 saturated carbocycles. The number of nitrogens with zero attached hydrogens (tertiary/aromatic N) is 2. The van der Waals surface area contributed by atoms with Crippen molar-refractivity contribution in [3.8, 4) is 11.1 Å². The summed E-state index contributed by atoms with van der Waals surface area (Å²) in [7, 11) is 1.31. The molecule has 0 saturated heterocycles. The number of methoxy groups -OCH3 is 1.